The van der Waals surface area contributed by atoms with Crippen molar-refractivity contribution in [3.8, 4) is 0 Å². The number of halogens is 1. The summed E-state index contributed by atoms with van der Waals surface area (Å²) in [5, 5.41) is 18.5. The number of hydrogen-bond donors (Lipinski definition) is 5. The number of nitrogens with zero attached hydrogens (tertiary/aromatic N) is 1. The Bertz CT molecular complexity index is 657. The van der Waals surface area contributed by atoms with Gasteiger partial charge in [-0.2, -0.15) is 12.6 Å². The molecular weight excluding hydrogens is 327 g/mol. The average molecular weight is 342 g/mol. The van der Waals surface area contributed by atoms with Crippen LogP contribution in [0, 0.1) is 11.2 Å². The van der Waals surface area contributed by atoms with Gasteiger partial charge in [-0.15, -0.1) is 0 Å². The number of cyclic esters (lactones) is 1. The molecule has 1 aromatic rings. The van der Waals surface area contributed by atoms with Crippen LogP contribution in [-0.4, -0.2) is 41.1 Å². The average Bonchev–Trinajstić information content (AvgIpc) is 2.80. The highest BCUT2D eigenvalue weighted by Gasteiger charge is 2.40. The molecule has 0 spiro atoms. The van der Waals surface area contributed by atoms with Gasteiger partial charge in [-0.1, -0.05) is 0 Å². The van der Waals surface area contributed by atoms with Gasteiger partial charge in [0.1, 0.15) is 5.82 Å². The molecule has 0 aromatic heterocycles. The Morgan fingerprint density at radius 1 is 1.57 bits per heavy atom. The van der Waals surface area contributed by atoms with E-state index in [1.165, 1.54) is 17.0 Å². The van der Waals surface area contributed by atoms with Gasteiger partial charge in [-0.3, -0.25) is 25.8 Å². The maximum Gasteiger partial charge on any atom is 0.416 e. The summed E-state index contributed by atoms with van der Waals surface area (Å²) >= 11 is 3.82. The van der Waals surface area contributed by atoms with Crippen molar-refractivity contribution in [2.75, 3.05) is 10.7 Å². The van der Waals surface area contributed by atoms with Gasteiger partial charge >= 0.3 is 6.09 Å². The zero-order chi connectivity index (χ0) is 17.1. The quantitative estimate of drug-likeness (QED) is 0.241. The van der Waals surface area contributed by atoms with Crippen molar-refractivity contribution in [2.45, 2.75) is 19.2 Å². The van der Waals surface area contributed by atoms with Gasteiger partial charge in [-0.25, -0.2) is 9.18 Å². The second-order valence-corrected chi connectivity index (χ2v) is 5.11. The number of carbonyl (C=O) groups is 2. The lowest BCUT2D eigenvalue weighted by molar-refractivity contribution is -0.121. The molecule has 8 nitrogen and oxygen atoms in total. The zero-order valence-corrected chi connectivity index (χ0v) is 12.9. The molecule has 23 heavy (non-hydrogen) atoms. The van der Waals surface area contributed by atoms with E-state index in [1.54, 1.807) is 12.4 Å². The minimum atomic E-state index is -0.873. The smallest absolute Gasteiger partial charge is 0.416 e. The van der Waals surface area contributed by atoms with E-state index in [-0.39, 0.29) is 17.0 Å². The molecule has 0 aliphatic carbocycles. The molecule has 1 aromatic carbocycles. The maximum atomic E-state index is 14.0. The van der Waals surface area contributed by atoms with Crippen LogP contribution in [0.1, 0.15) is 12.5 Å². The Kier molecular flexibility index (Phi) is 5.06. The van der Waals surface area contributed by atoms with Crippen molar-refractivity contribution in [1.82, 2.24) is 10.8 Å². The second-order valence-electron chi connectivity index (χ2n) is 4.79. The number of rotatable bonds is 4. The molecule has 2 atom stereocenters. The summed E-state index contributed by atoms with van der Waals surface area (Å²) in [6.07, 6.45) is -1.60. The Morgan fingerprint density at radius 3 is 2.83 bits per heavy atom. The van der Waals surface area contributed by atoms with Gasteiger partial charge < -0.3 is 10.1 Å². The molecule has 1 aliphatic heterocycles. The van der Waals surface area contributed by atoms with E-state index < -0.39 is 35.9 Å². The number of anilines is 1. The van der Waals surface area contributed by atoms with Crippen LogP contribution in [0.3, 0.4) is 0 Å². The van der Waals surface area contributed by atoms with Gasteiger partial charge in [0.2, 0.25) is 5.91 Å². The minimum Gasteiger partial charge on any atom is -0.423 e. The first-order chi connectivity index (χ1) is 10.9. The third-order valence-electron chi connectivity index (χ3n) is 3.33. The van der Waals surface area contributed by atoms with Gasteiger partial charge in [0, 0.05) is 0 Å². The summed E-state index contributed by atoms with van der Waals surface area (Å²) in [6, 6.07) is 3.13. The normalized spacial score (nSPS) is 20.2. The van der Waals surface area contributed by atoms with E-state index in [9.17, 15) is 14.0 Å². The number of ether oxygens (including phenoxy) is 1. The standard InChI is InChI=1S/C13H15FN4O4S/c1-6-12(16-10(19)5-23)22-13(20)18(6)7-2-3-8(9(14)4-7)11(15)17-21/h2-4,6,12,21,23H,5H2,1H3,(H2,15,17)(H,16,19)/t6?,12-/m0/s1. The number of thiol groups is 1. The number of hydrogen-bond acceptors (Lipinski definition) is 6. The van der Waals surface area contributed by atoms with Crippen LogP contribution >= 0.6 is 12.6 Å². The Balaban J connectivity index is 2.24. The summed E-state index contributed by atoms with van der Waals surface area (Å²) in [4.78, 5) is 24.5. The maximum absolute atomic E-state index is 14.0. The van der Waals surface area contributed by atoms with Crippen LogP contribution in [-0.2, 0) is 9.53 Å². The number of amides is 2. The molecule has 124 valence electrons. The summed E-state index contributed by atoms with van der Waals surface area (Å²) in [5.41, 5.74) is 1.60. The Labute approximate surface area is 136 Å². The fraction of sp³-hybridized carbons (Fsp3) is 0.308. The SMILES string of the molecule is CC1[C@@H](NC(=O)CS)OC(=O)N1c1ccc(C(=N)NO)c(F)c1. The van der Waals surface area contributed by atoms with Crippen molar-refractivity contribution in [1.29, 1.82) is 5.41 Å². The van der Waals surface area contributed by atoms with E-state index in [0.717, 1.165) is 6.07 Å². The molecule has 10 heteroatoms. The van der Waals surface area contributed by atoms with E-state index in [2.05, 4.69) is 17.9 Å². The lowest BCUT2D eigenvalue weighted by atomic mass is 10.1. The van der Waals surface area contributed by atoms with Crippen LogP contribution in [0.15, 0.2) is 18.2 Å². The summed E-state index contributed by atoms with van der Waals surface area (Å²) in [5.74, 6) is -1.76. The predicted molar refractivity (Wildman–Crippen MR) is 82.4 cm³/mol. The highest BCUT2D eigenvalue weighted by Crippen LogP contribution is 2.27. The Hall–Kier alpha value is -2.33. The number of hydroxylamine groups is 1. The summed E-state index contributed by atoms with van der Waals surface area (Å²) < 4.78 is 19.1. The van der Waals surface area contributed by atoms with Crippen LogP contribution < -0.4 is 15.7 Å². The molecule has 0 bridgehead atoms. The monoisotopic (exact) mass is 342 g/mol. The van der Waals surface area contributed by atoms with E-state index in [1.807, 2.05) is 0 Å². The van der Waals surface area contributed by atoms with Crippen molar-refractivity contribution < 1.29 is 23.9 Å². The lowest BCUT2D eigenvalue weighted by Crippen LogP contribution is -2.44. The fourth-order valence-electron chi connectivity index (χ4n) is 2.18. The van der Waals surface area contributed by atoms with Gasteiger partial charge in [0.05, 0.1) is 23.0 Å². The number of benzene rings is 1. The molecule has 1 aliphatic rings. The molecule has 1 fully saturated rings. The second kappa shape index (κ2) is 6.84. The van der Waals surface area contributed by atoms with Gasteiger partial charge in [-0.05, 0) is 25.1 Å². The molecule has 2 rings (SSSR count). The van der Waals surface area contributed by atoms with Crippen LogP contribution in [0.2, 0.25) is 0 Å². The van der Waals surface area contributed by atoms with Crippen molar-refractivity contribution >= 4 is 36.2 Å². The predicted octanol–water partition coefficient (Wildman–Crippen LogP) is 0.847. The first-order valence-electron chi connectivity index (χ1n) is 6.57. The molecule has 0 saturated carbocycles. The zero-order valence-electron chi connectivity index (χ0n) is 12.0. The van der Waals surface area contributed by atoms with Crippen molar-refractivity contribution in [3.05, 3.63) is 29.6 Å². The molecule has 0 radical (unpaired) electrons. The largest absolute Gasteiger partial charge is 0.423 e. The third-order valence-corrected chi connectivity index (χ3v) is 3.62. The summed E-state index contributed by atoms with van der Waals surface area (Å²) in [7, 11) is 0. The molecule has 4 N–H and O–H groups in total. The van der Waals surface area contributed by atoms with Crippen LogP contribution in [0.5, 0.6) is 0 Å². The molecule has 1 heterocycles. The van der Waals surface area contributed by atoms with E-state index in [0.29, 0.717) is 0 Å². The third kappa shape index (κ3) is 3.37. The number of carbonyl (C=O) groups excluding carboxylic acids is 2. The fourth-order valence-corrected chi connectivity index (χ4v) is 2.27. The van der Waals surface area contributed by atoms with Gasteiger partial charge in [0.15, 0.2) is 12.1 Å². The lowest BCUT2D eigenvalue weighted by Gasteiger charge is -2.21. The minimum absolute atomic E-state index is 0.0552. The molecule has 1 saturated heterocycles. The van der Waals surface area contributed by atoms with Crippen LogP contribution in [0.25, 0.3) is 0 Å². The molecule has 1 unspecified atom stereocenters. The van der Waals surface area contributed by atoms with E-state index in [4.69, 9.17) is 15.4 Å². The first-order valence-corrected chi connectivity index (χ1v) is 7.21. The van der Waals surface area contributed by atoms with Crippen molar-refractivity contribution in [2.24, 2.45) is 0 Å². The Morgan fingerprint density at radius 2 is 2.26 bits per heavy atom. The molecular formula is C13H15FN4O4S. The highest BCUT2D eigenvalue weighted by molar-refractivity contribution is 7.81. The van der Waals surface area contributed by atoms with E-state index >= 15 is 0 Å². The number of nitrogens with one attached hydrogen (secondary N) is 3. The molecule has 2 amide bonds. The van der Waals surface area contributed by atoms with Crippen LogP contribution in [0.4, 0.5) is 14.9 Å². The highest BCUT2D eigenvalue weighted by atomic mass is 32.1. The topological polar surface area (TPSA) is 115 Å². The first kappa shape index (κ1) is 17.0. The van der Waals surface area contributed by atoms with Crippen molar-refractivity contribution in [3.63, 3.8) is 0 Å². The summed E-state index contributed by atoms with van der Waals surface area (Å²) in [6.45, 7) is 1.64. The van der Waals surface area contributed by atoms with Gasteiger partial charge in [0.25, 0.3) is 0 Å². The number of amidine groups is 1.